The van der Waals surface area contributed by atoms with Gasteiger partial charge in [-0.15, -0.1) is 0 Å². The second-order valence-corrected chi connectivity index (χ2v) is 8.20. The van der Waals surface area contributed by atoms with Crippen molar-refractivity contribution in [1.82, 2.24) is 15.1 Å². The first-order valence-corrected chi connectivity index (χ1v) is 10.5. The molecule has 6 nitrogen and oxygen atoms in total. The van der Waals surface area contributed by atoms with Crippen LogP contribution in [0.4, 0.5) is 4.79 Å². The van der Waals surface area contributed by atoms with E-state index in [4.69, 9.17) is 5.73 Å². The van der Waals surface area contributed by atoms with Crippen molar-refractivity contribution in [3.8, 4) is 0 Å². The lowest BCUT2D eigenvalue weighted by molar-refractivity contribution is -0.124. The minimum atomic E-state index is -0.907. The van der Waals surface area contributed by atoms with Crippen molar-refractivity contribution in [3.63, 3.8) is 0 Å². The summed E-state index contributed by atoms with van der Waals surface area (Å²) in [7, 11) is 3.96. The van der Waals surface area contributed by atoms with Crippen molar-refractivity contribution in [1.29, 1.82) is 0 Å². The van der Waals surface area contributed by atoms with Crippen molar-refractivity contribution < 1.29 is 9.59 Å². The lowest BCUT2D eigenvalue weighted by Gasteiger charge is -2.43. The van der Waals surface area contributed by atoms with E-state index in [2.05, 4.69) is 5.32 Å². The van der Waals surface area contributed by atoms with Gasteiger partial charge in [0.2, 0.25) is 5.91 Å². The molecule has 1 saturated heterocycles. The largest absolute Gasteiger partial charge is 0.369 e. The summed E-state index contributed by atoms with van der Waals surface area (Å²) in [6.07, 6.45) is 1.43. The number of nitrogens with two attached hydrogens (primary N) is 1. The van der Waals surface area contributed by atoms with Crippen LogP contribution < -0.4 is 11.1 Å². The molecule has 0 unspecified atom stereocenters. The van der Waals surface area contributed by atoms with Crippen molar-refractivity contribution in [2.75, 3.05) is 40.3 Å². The molecule has 6 heteroatoms. The van der Waals surface area contributed by atoms with Gasteiger partial charge in [0.1, 0.15) is 5.41 Å². The third-order valence-corrected chi connectivity index (χ3v) is 6.08. The molecule has 160 valence electrons. The number of hydrogen-bond acceptors (Lipinski definition) is 3. The first kappa shape index (κ1) is 21.8. The summed E-state index contributed by atoms with van der Waals surface area (Å²) >= 11 is 0. The summed E-state index contributed by atoms with van der Waals surface area (Å²) in [5, 5.41) is 2.98. The highest BCUT2D eigenvalue weighted by Gasteiger charge is 2.48. The number of nitrogens with one attached hydrogen (secondary N) is 1. The van der Waals surface area contributed by atoms with Gasteiger partial charge in [-0.1, -0.05) is 60.7 Å². The molecule has 2 aromatic rings. The van der Waals surface area contributed by atoms with Gasteiger partial charge in [0, 0.05) is 26.2 Å². The molecule has 30 heavy (non-hydrogen) atoms. The molecule has 1 aliphatic rings. The van der Waals surface area contributed by atoms with Crippen LogP contribution in [0.1, 0.15) is 24.0 Å². The number of urea groups is 1. The van der Waals surface area contributed by atoms with Crippen LogP contribution in [-0.4, -0.2) is 62.0 Å². The molecular formula is C24H32N4O2. The zero-order valence-corrected chi connectivity index (χ0v) is 17.9. The summed E-state index contributed by atoms with van der Waals surface area (Å²) in [5.41, 5.74) is 7.04. The first-order chi connectivity index (χ1) is 14.5. The number of nitrogens with zero attached hydrogens (tertiary/aromatic N) is 2. The molecule has 0 radical (unpaired) electrons. The minimum absolute atomic E-state index is 0.0191. The van der Waals surface area contributed by atoms with Gasteiger partial charge in [0.25, 0.3) is 0 Å². The van der Waals surface area contributed by atoms with Crippen LogP contribution in [0.5, 0.6) is 0 Å². The Morgan fingerprint density at radius 2 is 1.50 bits per heavy atom. The van der Waals surface area contributed by atoms with Crippen LogP contribution in [0.25, 0.3) is 0 Å². The van der Waals surface area contributed by atoms with Gasteiger partial charge >= 0.3 is 6.03 Å². The van der Waals surface area contributed by atoms with Gasteiger partial charge in [-0.25, -0.2) is 4.79 Å². The van der Waals surface area contributed by atoms with E-state index in [1.54, 1.807) is 0 Å². The molecule has 0 atom stereocenters. The van der Waals surface area contributed by atoms with E-state index in [0.29, 0.717) is 32.5 Å². The summed E-state index contributed by atoms with van der Waals surface area (Å²) in [6.45, 7) is 2.63. The highest BCUT2D eigenvalue weighted by molar-refractivity contribution is 5.91. The van der Waals surface area contributed by atoms with Gasteiger partial charge in [-0.05, 0) is 44.0 Å². The van der Waals surface area contributed by atoms with Crippen LogP contribution in [0.2, 0.25) is 0 Å². The monoisotopic (exact) mass is 408 g/mol. The molecular weight excluding hydrogens is 376 g/mol. The van der Waals surface area contributed by atoms with E-state index < -0.39 is 5.41 Å². The highest BCUT2D eigenvalue weighted by atomic mass is 16.2. The van der Waals surface area contributed by atoms with Crippen molar-refractivity contribution in [3.05, 3.63) is 71.8 Å². The maximum atomic E-state index is 13.1. The van der Waals surface area contributed by atoms with Gasteiger partial charge in [-0.3, -0.25) is 4.79 Å². The van der Waals surface area contributed by atoms with Crippen LogP contribution in [0.15, 0.2) is 60.7 Å². The van der Waals surface area contributed by atoms with Gasteiger partial charge < -0.3 is 20.9 Å². The number of hydrogen-bond donors (Lipinski definition) is 2. The number of likely N-dealkylation sites (N-methyl/N-ethyl adjacent to an activating group) is 1. The second-order valence-electron chi connectivity index (χ2n) is 8.20. The maximum absolute atomic E-state index is 13.1. The average Bonchev–Trinajstić information content (AvgIpc) is 2.76. The molecule has 1 fully saturated rings. The predicted octanol–water partition coefficient (Wildman–Crippen LogP) is 2.44. The molecule has 3 N–H and O–H groups in total. The Morgan fingerprint density at radius 3 is 1.93 bits per heavy atom. The van der Waals surface area contributed by atoms with Gasteiger partial charge in [-0.2, -0.15) is 0 Å². The number of carbonyl (C=O) groups is 2. The molecule has 0 spiro atoms. The number of rotatable bonds is 7. The SMILES string of the molecule is CN(C)CCNC(=O)N1CCC(C(C(N)=O)(c2ccccc2)c2ccccc2)CC1. The van der Waals surface area contributed by atoms with Crippen LogP contribution >= 0.6 is 0 Å². The number of benzene rings is 2. The fourth-order valence-electron chi connectivity index (χ4n) is 4.54. The molecule has 1 aliphatic heterocycles. The standard InChI is InChI=1S/C24H32N4O2/c1-27(2)18-15-26-23(30)28-16-13-21(14-17-28)24(22(25)29,19-9-5-3-6-10-19)20-11-7-4-8-12-20/h3-12,21H,13-18H2,1-2H3,(H2,25,29)(H,26,30). The molecule has 3 rings (SSSR count). The smallest absolute Gasteiger partial charge is 0.317 e. The lowest BCUT2D eigenvalue weighted by atomic mass is 9.62. The third-order valence-electron chi connectivity index (χ3n) is 6.08. The normalized spacial score (nSPS) is 15.2. The number of amides is 3. The quantitative estimate of drug-likeness (QED) is 0.739. The Balaban J connectivity index is 1.83. The molecule has 2 aromatic carbocycles. The molecule has 0 saturated carbocycles. The summed E-state index contributed by atoms with van der Waals surface area (Å²) in [4.78, 5) is 29.5. The fourth-order valence-corrected chi connectivity index (χ4v) is 4.54. The molecule has 0 bridgehead atoms. The van der Waals surface area contributed by atoms with Gasteiger partial charge in [0.05, 0.1) is 0 Å². The minimum Gasteiger partial charge on any atom is -0.369 e. The van der Waals surface area contributed by atoms with E-state index in [9.17, 15) is 9.59 Å². The fraction of sp³-hybridized carbons (Fsp3) is 0.417. The van der Waals surface area contributed by atoms with Crippen LogP contribution in [0, 0.1) is 5.92 Å². The Morgan fingerprint density at radius 1 is 1.00 bits per heavy atom. The van der Waals surface area contributed by atoms with Crippen molar-refractivity contribution in [2.24, 2.45) is 11.7 Å². The van der Waals surface area contributed by atoms with E-state index in [1.807, 2.05) is 84.6 Å². The van der Waals surface area contributed by atoms with Crippen LogP contribution in [0.3, 0.4) is 0 Å². The average molecular weight is 409 g/mol. The Kier molecular flexibility index (Phi) is 7.11. The maximum Gasteiger partial charge on any atom is 0.317 e. The Labute approximate surface area is 179 Å². The zero-order valence-electron chi connectivity index (χ0n) is 17.9. The van der Waals surface area contributed by atoms with E-state index in [1.165, 1.54) is 0 Å². The third kappa shape index (κ3) is 4.49. The first-order valence-electron chi connectivity index (χ1n) is 10.5. The molecule has 1 heterocycles. The Bertz CT molecular complexity index is 791. The number of primary amides is 1. The second kappa shape index (κ2) is 9.76. The van der Waals surface area contributed by atoms with Gasteiger partial charge in [0.15, 0.2) is 0 Å². The number of piperidine rings is 1. The molecule has 0 aromatic heterocycles. The van der Waals surface area contributed by atoms with E-state index in [0.717, 1.165) is 17.7 Å². The van der Waals surface area contributed by atoms with Crippen molar-refractivity contribution in [2.45, 2.75) is 18.3 Å². The molecule has 0 aliphatic carbocycles. The molecule has 3 amide bonds. The predicted molar refractivity (Wildman–Crippen MR) is 119 cm³/mol. The van der Waals surface area contributed by atoms with E-state index in [-0.39, 0.29) is 17.9 Å². The Hall–Kier alpha value is -2.86. The lowest BCUT2D eigenvalue weighted by Crippen LogP contribution is -2.53. The van der Waals surface area contributed by atoms with Crippen molar-refractivity contribution >= 4 is 11.9 Å². The summed E-state index contributed by atoms with van der Waals surface area (Å²) in [5.74, 6) is -0.320. The topological polar surface area (TPSA) is 78.7 Å². The number of carbonyl (C=O) groups excluding carboxylic acids is 2. The zero-order chi connectivity index (χ0) is 21.6. The summed E-state index contributed by atoms with van der Waals surface area (Å²) < 4.78 is 0. The van der Waals surface area contributed by atoms with E-state index >= 15 is 0 Å². The number of likely N-dealkylation sites (tertiary alicyclic amines) is 1. The summed E-state index contributed by atoms with van der Waals surface area (Å²) in [6, 6.07) is 19.6. The highest BCUT2D eigenvalue weighted by Crippen LogP contribution is 2.44. The van der Waals surface area contributed by atoms with Crippen LogP contribution in [-0.2, 0) is 10.2 Å².